The molecule has 0 bridgehead atoms. The molecule has 1 aliphatic carbocycles. The molecule has 1 aliphatic rings. The lowest BCUT2D eigenvalue weighted by atomic mass is 9.75. The van der Waals surface area contributed by atoms with Gasteiger partial charge < -0.3 is 5.32 Å². The van der Waals surface area contributed by atoms with Crippen molar-refractivity contribution >= 4 is 23.4 Å². The van der Waals surface area contributed by atoms with Crippen molar-refractivity contribution < 1.29 is 0 Å². The highest BCUT2D eigenvalue weighted by atomic mass is 35.5. The molecule has 0 saturated heterocycles. The minimum absolute atomic E-state index is 0.372. The molecule has 1 saturated carbocycles. The van der Waals surface area contributed by atoms with Crippen LogP contribution in [0.1, 0.15) is 32.1 Å². The molecule has 2 rings (SSSR count). The molecule has 0 heterocycles. The number of thioether (sulfide) groups is 1. The van der Waals surface area contributed by atoms with Crippen LogP contribution in [0, 0.1) is 5.41 Å². The van der Waals surface area contributed by atoms with E-state index < -0.39 is 0 Å². The standard InChI is InChI=1S/C16H24ClNS/c17-13-16(9-5-2-6-10-16)14-18-11-12-19-15-7-3-1-4-8-15/h1,3-4,7-8,18H,2,5-6,9-14H2. The van der Waals surface area contributed by atoms with Gasteiger partial charge in [0.1, 0.15) is 0 Å². The van der Waals surface area contributed by atoms with E-state index in [2.05, 4.69) is 35.6 Å². The molecule has 1 aromatic rings. The molecule has 106 valence electrons. The highest BCUT2D eigenvalue weighted by molar-refractivity contribution is 7.99. The fourth-order valence-electron chi connectivity index (χ4n) is 2.77. The number of hydrogen-bond donors (Lipinski definition) is 1. The largest absolute Gasteiger partial charge is 0.315 e. The van der Waals surface area contributed by atoms with Gasteiger partial charge in [-0.1, -0.05) is 37.5 Å². The van der Waals surface area contributed by atoms with Gasteiger partial charge in [-0.3, -0.25) is 0 Å². The zero-order chi connectivity index (χ0) is 13.4. The molecule has 0 atom stereocenters. The minimum atomic E-state index is 0.372. The zero-order valence-electron chi connectivity index (χ0n) is 11.5. The highest BCUT2D eigenvalue weighted by Gasteiger charge is 2.30. The van der Waals surface area contributed by atoms with E-state index in [0.29, 0.717) is 5.41 Å². The van der Waals surface area contributed by atoms with Crippen molar-refractivity contribution in [2.45, 2.75) is 37.0 Å². The van der Waals surface area contributed by atoms with Crippen LogP contribution in [0.25, 0.3) is 0 Å². The first-order valence-corrected chi connectivity index (χ1v) is 8.81. The molecule has 0 unspecified atom stereocenters. The second-order valence-electron chi connectivity index (χ2n) is 5.53. The van der Waals surface area contributed by atoms with Gasteiger partial charge in [-0.05, 0) is 30.4 Å². The first-order valence-electron chi connectivity index (χ1n) is 7.29. The summed E-state index contributed by atoms with van der Waals surface area (Å²) in [5.74, 6) is 1.94. The molecular formula is C16H24ClNS. The highest BCUT2D eigenvalue weighted by Crippen LogP contribution is 2.36. The molecule has 0 aromatic heterocycles. The number of alkyl halides is 1. The van der Waals surface area contributed by atoms with Crippen molar-refractivity contribution in [3.05, 3.63) is 30.3 Å². The van der Waals surface area contributed by atoms with Crippen LogP contribution in [-0.4, -0.2) is 24.7 Å². The fourth-order valence-corrected chi connectivity index (χ4v) is 3.96. The molecule has 0 radical (unpaired) electrons. The van der Waals surface area contributed by atoms with Gasteiger partial charge >= 0.3 is 0 Å². The van der Waals surface area contributed by atoms with Gasteiger partial charge in [-0.15, -0.1) is 23.4 Å². The van der Waals surface area contributed by atoms with Crippen molar-refractivity contribution in [3.8, 4) is 0 Å². The predicted octanol–water partition coefficient (Wildman–Crippen LogP) is 4.56. The third-order valence-electron chi connectivity index (χ3n) is 3.99. The lowest BCUT2D eigenvalue weighted by molar-refractivity contribution is 0.214. The Kier molecular flexibility index (Phi) is 6.55. The van der Waals surface area contributed by atoms with Crippen LogP contribution in [0.5, 0.6) is 0 Å². The van der Waals surface area contributed by atoms with E-state index >= 15 is 0 Å². The average molecular weight is 298 g/mol. The van der Waals surface area contributed by atoms with Crippen molar-refractivity contribution in [3.63, 3.8) is 0 Å². The maximum atomic E-state index is 6.20. The number of hydrogen-bond acceptors (Lipinski definition) is 2. The number of nitrogens with one attached hydrogen (secondary N) is 1. The Morgan fingerprint density at radius 2 is 1.84 bits per heavy atom. The van der Waals surface area contributed by atoms with Crippen LogP contribution in [0.3, 0.4) is 0 Å². The van der Waals surface area contributed by atoms with Crippen LogP contribution in [0.2, 0.25) is 0 Å². The summed E-state index contributed by atoms with van der Waals surface area (Å²) < 4.78 is 0. The Morgan fingerprint density at radius 1 is 1.11 bits per heavy atom. The summed E-state index contributed by atoms with van der Waals surface area (Å²) in [6.45, 7) is 2.16. The van der Waals surface area contributed by atoms with E-state index in [0.717, 1.165) is 24.7 Å². The van der Waals surface area contributed by atoms with Gasteiger partial charge in [-0.2, -0.15) is 0 Å². The van der Waals surface area contributed by atoms with E-state index in [4.69, 9.17) is 11.6 Å². The predicted molar refractivity (Wildman–Crippen MR) is 86.3 cm³/mol. The summed E-state index contributed by atoms with van der Waals surface area (Å²) in [4.78, 5) is 1.36. The molecule has 1 aromatic carbocycles. The molecule has 1 fully saturated rings. The summed E-state index contributed by atoms with van der Waals surface area (Å²) in [7, 11) is 0. The SMILES string of the molecule is ClCC1(CNCCSc2ccccc2)CCCCC1. The Balaban J connectivity index is 1.63. The fraction of sp³-hybridized carbons (Fsp3) is 0.625. The summed E-state index contributed by atoms with van der Waals surface area (Å²) in [5, 5.41) is 3.61. The number of halogens is 1. The Morgan fingerprint density at radius 3 is 2.53 bits per heavy atom. The molecule has 0 aliphatic heterocycles. The van der Waals surface area contributed by atoms with Crippen LogP contribution in [0.4, 0.5) is 0 Å². The van der Waals surface area contributed by atoms with Crippen molar-refractivity contribution in [2.75, 3.05) is 24.7 Å². The van der Waals surface area contributed by atoms with Gasteiger partial charge in [-0.25, -0.2) is 0 Å². The van der Waals surface area contributed by atoms with E-state index in [1.54, 1.807) is 0 Å². The minimum Gasteiger partial charge on any atom is -0.315 e. The van der Waals surface area contributed by atoms with Gasteiger partial charge in [0.05, 0.1) is 0 Å². The van der Waals surface area contributed by atoms with E-state index in [-0.39, 0.29) is 0 Å². The van der Waals surface area contributed by atoms with Gasteiger partial charge in [0, 0.05) is 29.6 Å². The zero-order valence-corrected chi connectivity index (χ0v) is 13.1. The van der Waals surface area contributed by atoms with Crippen molar-refractivity contribution in [1.29, 1.82) is 0 Å². The Labute approximate surface area is 126 Å². The molecule has 0 spiro atoms. The Hall–Kier alpha value is -0.180. The average Bonchev–Trinajstić information content (AvgIpc) is 2.49. The number of benzene rings is 1. The first-order chi connectivity index (χ1) is 9.35. The molecule has 1 N–H and O–H groups in total. The normalized spacial score (nSPS) is 18.4. The summed E-state index contributed by atoms with van der Waals surface area (Å²) in [6.07, 6.45) is 6.70. The Bertz CT molecular complexity index is 349. The lowest BCUT2D eigenvalue weighted by Gasteiger charge is -2.35. The van der Waals surface area contributed by atoms with Crippen LogP contribution in [-0.2, 0) is 0 Å². The summed E-state index contributed by atoms with van der Waals surface area (Å²) in [5.41, 5.74) is 0.372. The van der Waals surface area contributed by atoms with Crippen LogP contribution >= 0.6 is 23.4 Å². The monoisotopic (exact) mass is 297 g/mol. The molecular weight excluding hydrogens is 274 g/mol. The topological polar surface area (TPSA) is 12.0 Å². The first kappa shape index (κ1) is 15.2. The van der Waals surface area contributed by atoms with Gasteiger partial charge in [0.25, 0.3) is 0 Å². The summed E-state index contributed by atoms with van der Waals surface area (Å²) in [6, 6.07) is 10.6. The summed E-state index contributed by atoms with van der Waals surface area (Å²) >= 11 is 8.12. The van der Waals surface area contributed by atoms with Crippen LogP contribution in [0.15, 0.2) is 35.2 Å². The molecule has 3 heteroatoms. The molecule has 1 nitrogen and oxygen atoms in total. The van der Waals surface area contributed by atoms with E-state index in [1.165, 1.54) is 37.0 Å². The van der Waals surface area contributed by atoms with Gasteiger partial charge in [0.15, 0.2) is 0 Å². The quantitative estimate of drug-likeness (QED) is 0.450. The third kappa shape index (κ3) is 5.02. The molecule has 19 heavy (non-hydrogen) atoms. The maximum Gasteiger partial charge on any atom is 0.0292 e. The maximum absolute atomic E-state index is 6.20. The smallest absolute Gasteiger partial charge is 0.0292 e. The third-order valence-corrected chi connectivity index (χ3v) is 5.57. The van der Waals surface area contributed by atoms with E-state index in [1.807, 2.05) is 11.8 Å². The van der Waals surface area contributed by atoms with E-state index in [9.17, 15) is 0 Å². The van der Waals surface area contributed by atoms with Crippen molar-refractivity contribution in [1.82, 2.24) is 5.32 Å². The second-order valence-corrected chi connectivity index (χ2v) is 6.97. The second kappa shape index (κ2) is 8.18. The number of rotatable bonds is 7. The van der Waals surface area contributed by atoms with Crippen molar-refractivity contribution in [2.24, 2.45) is 5.41 Å². The van der Waals surface area contributed by atoms with Crippen LogP contribution < -0.4 is 5.32 Å². The van der Waals surface area contributed by atoms with Gasteiger partial charge in [0.2, 0.25) is 0 Å². The molecule has 0 amide bonds. The lowest BCUT2D eigenvalue weighted by Crippen LogP contribution is -2.38.